The second kappa shape index (κ2) is 3.52. The average molecular weight is 220 g/mol. The fourth-order valence-electron chi connectivity index (χ4n) is 0.944. The fourth-order valence-corrected chi connectivity index (χ4v) is 1.37. The molecule has 1 aliphatic rings. The van der Waals surface area contributed by atoms with E-state index in [0.717, 1.165) is 5.57 Å². The second-order valence-electron chi connectivity index (χ2n) is 2.59. The van der Waals surface area contributed by atoms with Crippen molar-refractivity contribution in [3.05, 3.63) is 46.6 Å². The monoisotopic (exact) mass is 219 g/mol. The van der Waals surface area contributed by atoms with Crippen LogP contribution in [0.25, 0.3) is 0 Å². The van der Waals surface area contributed by atoms with Crippen molar-refractivity contribution in [1.29, 1.82) is 0 Å². The SMILES string of the molecule is C=CC1=CC(Cl)C(Cl)([N+](=O)[O-])C=C1. The van der Waals surface area contributed by atoms with Crippen LogP contribution in [0.4, 0.5) is 0 Å². The van der Waals surface area contributed by atoms with Crippen LogP contribution >= 0.6 is 23.2 Å². The van der Waals surface area contributed by atoms with Crippen LogP contribution in [-0.4, -0.2) is 15.3 Å². The molecule has 0 saturated heterocycles. The zero-order chi connectivity index (χ0) is 10.1. The van der Waals surface area contributed by atoms with E-state index in [4.69, 9.17) is 23.2 Å². The Hall–Kier alpha value is -0.800. The molecule has 0 aliphatic heterocycles. The van der Waals surface area contributed by atoms with Crippen LogP contribution in [0.15, 0.2) is 36.5 Å². The molecule has 0 aromatic rings. The van der Waals surface area contributed by atoms with Crippen molar-refractivity contribution in [3.8, 4) is 0 Å². The number of halogens is 2. The van der Waals surface area contributed by atoms with Gasteiger partial charge in [0.1, 0.15) is 5.38 Å². The lowest BCUT2D eigenvalue weighted by Gasteiger charge is -2.21. The lowest BCUT2D eigenvalue weighted by molar-refractivity contribution is -0.526. The molecule has 5 heteroatoms. The van der Waals surface area contributed by atoms with Gasteiger partial charge in [0.05, 0.1) is 0 Å². The minimum atomic E-state index is -1.73. The van der Waals surface area contributed by atoms with Gasteiger partial charge in [-0.25, -0.2) is 0 Å². The van der Waals surface area contributed by atoms with E-state index in [0.29, 0.717) is 0 Å². The maximum absolute atomic E-state index is 10.6. The molecule has 70 valence electrons. The number of alkyl halides is 2. The van der Waals surface area contributed by atoms with Gasteiger partial charge < -0.3 is 0 Å². The van der Waals surface area contributed by atoms with Crippen LogP contribution in [-0.2, 0) is 0 Å². The average Bonchev–Trinajstić information content (AvgIpc) is 2.09. The molecule has 0 heterocycles. The Kier molecular flexibility index (Phi) is 2.78. The number of hydrogen-bond acceptors (Lipinski definition) is 2. The first-order chi connectivity index (χ1) is 6.00. The predicted octanol–water partition coefficient (Wildman–Crippen LogP) is 2.49. The number of hydrogen-bond donors (Lipinski definition) is 0. The molecule has 0 N–H and O–H groups in total. The molecule has 0 saturated carbocycles. The van der Waals surface area contributed by atoms with Gasteiger partial charge in [-0.1, -0.05) is 24.8 Å². The molecule has 1 aliphatic carbocycles. The molecule has 0 aromatic heterocycles. The Morgan fingerprint density at radius 1 is 1.77 bits per heavy atom. The zero-order valence-electron chi connectivity index (χ0n) is 6.61. The first kappa shape index (κ1) is 10.3. The highest BCUT2D eigenvalue weighted by molar-refractivity contribution is 6.33. The summed E-state index contributed by atoms with van der Waals surface area (Å²) < 4.78 is 0. The number of nitrogens with zero attached hydrogens (tertiary/aromatic N) is 1. The molecule has 3 nitrogen and oxygen atoms in total. The smallest absolute Gasteiger partial charge is 0.262 e. The molecule has 0 spiro atoms. The maximum Gasteiger partial charge on any atom is 0.333 e. The Balaban J connectivity index is 3.00. The van der Waals surface area contributed by atoms with E-state index in [1.807, 2.05) is 0 Å². The van der Waals surface area contributed by atoms with E-state index in [1.54, 1.807) is 6.08 Å². The van der Waals surface area contributed by atoms with Crippen molar-refractivity contribution in [2.75, 3.05) is 0 Å². The first-order valence-electron chi connectivity index (χ1n) is 3.51. The Morgan fingerprint density at radius 3 is 2.77 bits per heavy atom. The van der Waals surface area contributed by atoms with Gasteiger partial charge >= 0.3 is 5.00 Å². The van der Waals surface area contributed by atoms with E-state index in [1.165, 1.54) is 18.2 Å². The molecule has 2 atom stereocenters. The minimum absolute atomic E-state index is 0.612. The van der Waals surface area contributed by atoms with Gasteiger partial charge in [0, 0.05) is 11.0 Å². The zero-order valence-corrected chi connectivity index (χ0v) is 8.13. The molecule has 1 rings (SSSR count). The molecule has 0 amide bonds. The van der Waals surface area contributed by atoms with Crippen LogP contribution in [0.1, 0.15) is 0 Å². The van der Waals surface area contributed by atoms with Crippen LogP contribution < -0.4 is 0 Å². The highest BCUT2D eigenvalue weighted by Crippen LogP contribution is 2.32. The van der Waals surface area contributed by atoms with E-state index in [9.17, 15) is 10.1 Å². The van der Waals surface area contributed by atoms with E-state index in [2.05, 4.69) is 6.58 Å². The third-order valence-electron chi connectivity index (χ3n) is 1.75. The van der Waals surface area contributed by atoms with Gasteiger partial charge in [-0.05, 0) is 17.2 Å². The summed E-state index contributed by atoms with van der Waals surface area (Å²) >= 11 is 11.4. The van der Waals surface area contributed by atoms with E-state index in [-0.39, 0.29) is 0 Å². The number of allylic oxidation sites excluding steroid dienone is 3. The maximum atomic E-state index is 10.6. The quantitative estimate of drug-likeness (QED) is 0.310. The van der Waals surface area contributed by atoms with Crippen molar-refractivity contribution in [2.24, 2.45) is 0 Å². The normalized spacial score (nSPS) is 32.5. The topological polar surface area (TPSA) is 43.1 Å². The Labute approximate surface area is 85.5 Å². The highest BCUT2D eigenvalue weighted by atomic mass is 35.5. The summed E-state index contributed by atoms with van der Waals surface area (Å²) in [4.78, 5) is 8.22. The molecular formula is C8H7Cl2NO2. The van der Waals surface area contributed by atoms with E-state index < -0.39 is 15.3 Å². The van der Waals surface area contributed by atoms with Crippen molar-refractivity contribution >= 4 is 23.2 Å². The third-order valence-corrected chi connectivity index (χ3v) is 2.82. The molecular weight excluding hydrogens is 213 g/mol. The van der Waals surface area contributed by atoms with Crippen molar-refractivity contribution in [1.82, 2.24) is 0 Å². The molecule has 0 aromatic carbocycles. The number of nitro groups is 1. The Bertz CT molecular complexity index is 311. The summed E-state index contributed by atoms with van der Waals surface area (Å²) in [6.45, 7) is 3.52. The summed E-state index contributed by atoms with van der Waals surface area (Å²) in [7, 11) is 0. The lowest BCUT2D eigenvalue weighted by Crippen LogP contribution is -2.39. The summed E-state index contributed by atoms with van der Waals surface area (Å²) in [5.74, 6) is 0. The van der Waals surface area contributed by atoms with Crippen LogP contribution in [0.5, 0.6) is 0 Å². The summed E-state index contributed by atoms with van der Waals surface area (Å²) in [6, 6.07) is 0. The summed E-state index contributed by atoms with van der Waals surface area (Å²) in [6.07, 6.45) is 5.86. The minimum Gasteiger partial charge on any atom is -0.262 e. The summed E-state index contributed by atoms with van der Waals surface area (Å²) in [5.41, 5.74) is 0.734. The molecule has 0 bridgehead atoms. The van der Waals surface area contributed by atoms with Gasteiger partial charge in [0.25, 0.3) is 0 Å². The predicted molar refractivity (Wildman–Crippen MR) is 52.6 cm³/mol. The van der Waals surface area contributed by atoms with Crippen molar-refractivity contribution in [3.63, 3.8) is 0 Å². The highest BCUT2D eigenvalue weighted by Gasteiger charge is 2.46. The van der Waals surface area contributed by atoms with E-state index >= 15 is 0 Å². The second-order valence-corrected chi connectivity index (χ2v) is 3.67. The van der Waals surface area contributed by atoms with Crippen molar-refractivity contribution < 1.29 is 4.92 Å². The molecule has 13 heavy (non-hydrogen) atoms. The van der Waals surface area contributed by atoms with Gasteiger partial charge in [-0.15, -0.1) is 11.6 Å². The van der Waals surface area contributed by atoms with Gasteiger partial charge in [0.15, 0.2) is 0 Å². The largest absolute Gasteiger partial charge is 0.333 e. The fraction of sp³-hybridized carbons (Fsp3) is 0.250. The molecule has 0 fully saturated rings. The summed E-state index contributed by atoms with van der Waals surface area (Å²) in [5, 5.41) is 9.71. The first-order valence-corrected chi connectivity index (χ1v) is 4.33. The van der Waals surface area contributed by atoms with Gasteiger partial charge in [0.2, 0.25) is 0 Å². The molecule has 2 unspecified atom stereocenters. The third kappa shape index (κ3) is 1.76. The van der Waals surface area contributed by atoms with Gasteiger partial charge in [-0.3, -0.25) is 10.1 Å². The molecule has 0 radical (unpaired) electrons. The van der Waals surface area contributed by atoms with Crippen LogP contribution in [0.2, 0.25) is 0 Å². The van der Waals surface area contributed by atoms with Crippen LogP contribution in [0, 0.1) is 10.1 Å². The van der Waals surface area contributed by atoms with Crippen molar-refractivity contribution in [2.45, 2.75) is 10.4 Å². The standard InChI is InChI=1S/C8H7Cl2NO2/c1-2-6-3-4-8(10,11(12)13)7(9)5-6/h2-5,7H,1H2. The number of rotatable bonds is 2. The Morgan fingerprint density at radius 2 is 2.38 bits per heavy atom. The lowest BCUT2D eigenvalue weighted by atomic mass is 10.0. The van der Waals surface area contributed by atoms with Gasteiger partial charge in [-0.2, -0.15) is 0 Å². The van der Waals surface area contributed by atoms with Crippen LogP contribution in [0.3, 0.4) is 0 Å².